The minimum atomic E-state index is 1.10. The fourth-order valence-corrected chi connectivity index (χ4v) is 9.83. The minimum Gasteiger partial charge on any atom is -0.310 e. The molecule has 0 unspecified atom stereocenters. The Bertz CT molecular complexity index is 3410. The van der Waals surface area contributed by atoms with Gasteiger partial charge in [0, 0.05) is 33.6 Å². The molecule has 2 nitrogen and oxygen atoms in total. The van der Waals surface area contributed by atoms with Crippen LogP contribution in [0.5, 0.6) is 0 Å². The number of para-hydroxylation sites is 2. The van der Waals surface area contributed by atoms with Crippen molar-refractivity contribution < 1.29 is 0 Å². The van der Waals surface area contributed by atoms with Gasteiger partial charge in [-0.2, -0.15) is 0 Å². The van der Waals surface area contributed by atoms with Gasteiger partial charge in [0.2, 0.25) is 0 Å². The summed E-state index contributed by atoms with van der Waals surface area (Å²) in [5, 5.41) is 2.39. The Balaban J connectivity index is 0.930. The maximum absolute atomic E-state index is 2.41. The van der Waals surface area contributed by atoms with Crippen LogP contribution in [0.3, 0.4) is 0 Å². The number of hydrogen-bond donors (Lipinski definition) is 0. The number of anilines is 6. The second-order valence-corrected chi connectivity index (χ2v) is 16.9. The average molecular weight is 841 g/mol. The fourth-order valence-electron chi connectivity index (χ4n) is 9.83. The molecule has 310 valence electrons. The molecule has 11 aromatic carbocycles. The SMILES string of the molecule is c1ccc(-c2ccc(N(c3ccc(-c4ccccc4)cc3)c3ccc(-c4ccc(-c5ccc6c(c5)-c5ccccc5-c5ccccc5N6c5ccccc5)cc4)c4ccccc34)cc2)cc1. The molecule has 12 rings (SSSR count). The molecule has 66 heavy (non-hydrogen) atoms. The first-order chi connectivity index (χ1) is 32.7. The lowest BCUT2D eigenvalue weighted by Crippen LogP contribution is -2.10. The van der Waals surface area contributed by atoms with E-state index in [0.717, 1.165) is 22.7 Å². The molecule has 0 aliphatic carbocycles. The molecular formula is C64H44N2. The largest absolute Gasteiger partial charge is 0.310 e. The van der Waals surface area contributed by atoms with Crippen molar-refractivity contribution in [3.63, 3.8) is 0 Å². The van der Waals surface area contributed by atoms with Crippen LogP contribution >= 0.6 is 0 Å². The van der Waals surface area contributed by atoms with Crippen molar-refractivity contribution in [2.24, 2.45) is 0 Å². The summed E-state index contributed by atoms with van der Waals surface area (Å²) in [5.41, 5.74) is 21.3. The lowest BCUT2D eigenvalue weighted by Gasteiger charge is -2.28. The van der Waals surface area contributed by atoms with Gasteiger partial charge >= 0.3 is 0 Å². The van der Waals surface area contributed by atoms with E-state index in [-0.39, 0.29) is 0 Å². The van der Waals surface area contributed by atoms with Crippen molar-refractivity contribution in [1.82, 2.24) is 0 Å². The summed E-state index contributed by atoms with van der Waals surface area (Å²) in [6.45, 7) is 0. The van der Waals surface area contributed by atoms with Crippen LogP contribution in [0.25, 0.3) is 77.5 Å². The predicted octanol–water partition coefficient (Wildman–Crippen LogP) is 18.1. The predicted molar refractivity (Wildman–Crippen MR) is 279 cm³/mol. The summed E-state index contributed by atoms with van der Waals surface area (Å²) in [7, 11) is 0. The van der Waals surface area contributed by atoms with Crippen LogP contribution in [0.4, 0.5) is 34.1 Å². The van der Waals surface area contributed by atoms with Gasteiger partial charge in [0.15, 0.2) is 0 Å². The second-order valence-electron chi connectivity index (χ2n) is 16.9. The number of nitrogens with zero attached hydrogens (tertiary/aromatic N) is 2. The van der Waals surface area contributed by atoms with Gasteiger partial charge < -0.3 is 9.80 Å². The molecule has 0 saturated carbocycles. The fraction of sp³-hybridized carbons (Fsp3) is 0. The maximum Gasteiger partial charge on any atom is 0.0540 e. The standard InChI is InChI=1S/C64H44N2/c1-4-16-45(17-5-1)47-32-37-53(38-33-47)65(54-39-34-48(35-40-54)46-18-6-2-7-19-46)63-43-41-55(56-22-12-13-25-59(56)63)50-30-28-49(29-31-50)51-36-42-64-61(44-51)58-24-11-10-23-57(58)60-26-14-15-27-62(60)66(64)52-20-8-3-9-21-52/h1-44H. The monoisotopic (exact) mass is 840 g/mol. The quantitative estimate of drug-likeness (QED) is 0.150. The van der Waals surface area contributed by atoms with Gasteiger partial charge in [-0.3, -0.25) is 0 Å². The summed E-state index contributed by atoms with van der Waals surface area (Å²) in [6.07, 6.45) is 0. The van der Waals surface area contributed by atoms with E-state index in [1.807, 2.05) is 0 Å². The van der Waals surface area contributed by atoms with Crippen molar-refractivity contribution in [2.45, 2.75) is 0 Å². The van der Waals surface area contributed by atoms with Crippen molar-refractivity contribution >= 4 is 44.9 Å². The second kappa shape index (κ2) is 16.8. The molecule has 0 bridgehead atoms. The van der Waals surface area contributed by atoms with Crippen molar-refractivity contribution in [2.75, 3.05) is 9.80 Å². The third kappa shape index (κ3) is 7.02. The highest BCUT2D eigenvalue weighted by Crippen LogP contribution is 2.51. The maximum atomic E-state index is 2.41. The van der Waals surface area contributed by atoms with Crippen LogP contribution in [0.15, 0.2) is 267 Å². The van der Waals surface area contributed by atoms with Crippen molar-refractivity contribution in [3.8, 4) is 66.8 Å². The van der Waals surface area contributed by atoms with E-state index < -0.39 is 0 Å². The molecule has 0 fully saturated rings. The van der Waals surface area contributed by atoms with Crippen LogP contribution in [0.2, 0.25) is 0 Å². The van der Waals surface area contributed by atoms with E-state index in [4.69, 9.17) is 0 Å². The van der Waals surface area contributed by atoms with Crippen LogP contribution in [0, 0.1) is 0 Å². The molecular weight excluding hydrogens is 797 g/mol. The van der Waals surface area contributed by atoms with Crippen LogP contribution in [0.1, 0.15) is 0 Å². The smallest absolute Gasteiger partial charge is 0.0540 e. The van der Waals surface area contributed by atoms with Crippen LogP contribution < -0.4 is 9.80 Å². The number of rotatable bonds is 8. The highest BCUT2D eigenvalue weighted by Gasteiger charge is 2.26. The molecule has 0 radical (unpaired) electrons. The van der Waals surface area contributed by atoms with Gasteiger partial charge in [-0.05, 0) is 122 Å². The Morgan fingerprint density at radius 2 is 0.667 bits per heavy atom. The summed E-state index contributed by atoms with van der Waals surface area (Å²) >= 11 is 0. The van der Waals surface area contributed by atoms with E-state index in [1.165, 1.54) is 88.9 Å². The third-order valence-electron chi connectivity index (χ3n) is 13.0. The summed E-state index contributed by atoms with van der Waals surface area (Å²) in [5.74, 6) is 0. The van der Waals surface area contributed by atoms with E-state index in [2.05, 4.69) is 277 Å². The number of fused-ring (bicyclic) bond motifs is 6. The highest BCUT2D eigenvalue weighted by atomic mass is 15.2. The molecule has 1 heterocycles. The zero-order chi connectivity index (χ0) is 43.8. The number of benzene rings is 11. The van der Waals surface area contributed by atoms with Crippen LogP contribution in [-0.4, -0.2) is 0 Å². The Hall–Kier alpha value is -8.72. The topological polar surface area (TPSA) is 6.48 Å². The molecule has 11 aromatic rings. The normalized spacial score (nSPS) is 11.6. The Morgan fingerprint density at radius 1 is 0.242 bits per heavy atom. The zero-order valence-electron chi connectivity index (χ0n) is 36.3. The Kier molecular flexibility index (Phi) is 9.89. The van der Waals surface area contributed by atoms with Crippen molar-refractivity contribution in [3.05, 3.63) is 267 Å². The van der Waals surface area contributed by atoms with E-state index in [0.29, 0.717) is 0 Å². The van der Waals surface area contributed by atoms with Gasteiger partial charge in [0.05, 0.1) is 17.1 Å². The summed E-state index contributed by atoms with van der Waals surface area (Å²) in [6, 6.07) is 96.9. The highest BCUT2D eigenvalue weighted by molar-refractivity contribution is 6.07. The molecule has 0 atom stereocenters. The van der Waals surface area contributed by atoms with E-state index in [1.54, 1.807) is 0 Å². The van der Waals surface area contributed by atoms with Crippen LogP contribution in [-0.2, 0) is 0 Å². The molecule has 0 amide bonds. The first kappa shape index (κ1) is 38.9. The Morgan fingerprint density at radius 3 is 1.29 bits per heavy atom. The van der Waals surface area contributed by atoms with Gasteiger partial charge in [0.1, 0.15) is 0 Å². The Labute approximate surface area is 386 Å². The lowest BCUT2D eigenvalue weighted by atomic mass is 9.91. The van der Waals surface area contributed by atoms with E-state index >= 15 is 0 Å². The molecule has 0 aromatic heterocycles. The first-order valence-corrected chi connectivity index (χ1v) is 22.7. The summed E-state index contributed by atoms with van der Waals surface area (Å²) < 4.78 is 0. The van der Waals surface area contributed by atoms with Crippen molar-refractivity contribution in [1.29, 1.82) is 0 Å². The molecule has 2 heteroatoms. The molecule has 1 aliphatic heterocycles. The summed E-state index contributed by atoms with van der Waals surface area (Å²) in [4.78, 5) is 4.81. The minimum absolute atomic E-state index is 1.10. The number of hydrogen-bond acceptors (Lipinski definition) is 2. The zero-order valence-corrected chi connectivity index (χ0v) is 36.3. The molecule has 0 N–H and O–H groups in total. The van der Waals surface area contributed by atoms with Gasteiger partial charge in [0.25, 0.3) is 0 Å². The van der Waals surface area contributed by atoms with Gasteiger partial charge in [-0.25, -0.2) is 0 Å². The first-order valence-electron chi connectivity index (χ1n) is 22.7. The molecule has 1 aliphatic rings. The molecule has 0 saturated heterocycles. The van der Waals surface area contributed by atoms with Gasteiger partial charge in [-0.1, -0.05) is 206 Å². The molecule has 0 spiro atoms. The lowest BCUT2D eigenvalue weighted by molar-refractivity contribution is 1.29. The average Bonchev–Trinajstić information content (AvgIpc) is 3.52. The van der Waals surface area contributed by atoms with Gasteiger partial charge in [-0.15, -0.1) is 0 Å². The van der Waals surface area contributed by atoms with E-state index in [9.17, 15) is 0 Å². The third-order valence-corrected chi connectivity index (χ3v) is 13.0.